The molecule has 4 aliphatic carbocycles. The van der Waals surface area contributed by atoms with Gasteiger partial charge in [-0.3, -0.25) is 0 Å². The van der Waals surface area contributed by atoms with Gasteiger partial charge in [0.2, 0.25) is 0 Å². The molecule has 0 saturated heterocycles. The van der Waals surface area contributed by atoms with Crippen LogP contribution in [0.25, 0.3) is 0 Å². The summed E-state index contributed by atoms with van der Waals surface area (Å²) in [6.45, 7) is 18.3. The van der Waals surface area contributed by atoms with E-state index in [9.17, 15) is 0 Å². The minimum absolute atomic E-state index is 0.680. The van der Waals surface area contributed by atoms with E-state index in [1.54, 1.807) is 11.1 Å². The van der Waals surface area contributed by atoms with Crippen molar-refractivity contribution in [3.05, 3.63) is 48.6 Å². The summed E-state index contributed by atoms with van der Waals surface area (Å²) in [5.74, 6) is 8.77. The first-order valence-corrected chi connectivity index (χ1v) is 19.1. The standard InChI is InChI=1S/C41H69B/c1-7-11-18-32-19-13-14-20-37(32)36(10-4)31(6)30(5)28-33-23-25-39(40-22-16-15-21-38(33)40)34-24-26-41(42-27-12-8-2)35(29-34)17-9-3/h9-10,15,21,30,32-35,37-42H,3-4,7-8,11-14,16-20,22-29H2,1-2,5-6H3/b36-31+. The van der Waals surface area contributed by atoms with Gasteiger partial charge >= 0.3 is 0 Å². The lowest BCUT2D eigenvalue weighted by atomic mass is 9.48. The first-order chi connectivity index (χ1) is 20.5. The Kier molecular flexibility index (Phi) is 14.1. The normalized spacial score (nSPS) is 36.4. The Morgan fingerprint density at radius 2 is 1.71 bits per heavy atom. The van der Waals surface area contributed by atoms with E-state index in [1.807, 2.05) is 0 Å². The molecule has 1 heteroatoms. The molecule has 10 unspecified atom stereocenters. The molecule has 0 spiro atoms. The number of unbranched alkanes of at least 4 members (excludes halogenated alkanes) is 2. The van der Waals surface area contributed by atoms with Crippen molar-refractivity contribution in [3.8, 4) is 0 Å². The Labute approximate surface area is 264 Å². The summed E-state index contributed by atoms with van der Waals surface area (Å²) >= 11 is 0. The monoisotopic (exact) mass is 573 g/mol. The largest absolute Gasteiger partial charge is 0.124 e. The van der Waals surface area contributed by atoms with Crippen molar-refractivity contribution in [1.29, 1.82) is 0 Å². The van der Waals surface area contributed by atoms with Crippen LogP contribution in [-0.4, -0.2) is 7.28 Å². The van der Waals surface area contributed by atoms with Gasteiger partial charge < -0.3 is 0 Å². The summed E-state index contributed by atoms with van der Waals surface area (Å²) in [6.07, 6.45) is 36.7. The van der Waals surface area contributed by atoms with Crippen molar-refractivity contribution in [2.24, 2.45) is 53.3 Å². The predicted molar refractivity (Wildman–Crippen MR) is 189 cm³/mol. The van der Waals surface area contributed by atoms with E-state index >= 15 is 0 Å². The molecule has 0 aliphatic heterocycles. The van der Waals surface area contributed by atoms with Crippen molar-refractivity contribution in [1.82, 2.24) is 0 Å². The molecule has 4 aliphatic rings. The van der Waals surface area contributed by atoms with Crippen LogP contribution < -0.4 is 0 Å². The molecule has 3 saturated carbocycles. The summed E-state index contributed by atoms with van der Waals surface area (Å²) in [5.41, 5.74) is 3.34. The zero-order valence-corrected chi connectivity index (χ0v) is 28.6. The fraction of sp³-hybridized carbons (Fsp3) is 0.805. The SMILES string of the molecule is C=CCC1CC(C2CCC(CC(C)/C(C)=C(\C=C)C3CCCCC3CCCC)C3C=CCCC32)CCC1BCCCC. The molecule has 4 rings (SSSR count). The fourth-order valence-corrected chi connectivity index (χ4v) is 10.8. The molecule has 0 amide bonds. The van der Waals surface area contributed by atoms with Gasteiger partial charge in [0.25, 0.3) is 0 Å². The molecule has 236 valence electrons. The molecule has 0 radical (unpaired) electrons. The van der Waals surface area contributed by atoms with Crippen molar-refractivity contribution in [2.45, 2.75) is 155 Å². The Morgan fingerprint density at radius 3 is 2.48 bits per heavy atom. The molecule has 0 bridgehead atoms. The van der Waals surface area contributed by atoms with Gasteiger partial charge in [0.05, 0.1) is 0 Å². The summed E-state index contributed by atoms with van der Waals surface area (Å²) in [5, 5.41) is 0. The third kappa shape index (κ3) is 8.59. The highest BCUT2D eigenvalue weighted by molar-refractivity contribution is 6.37. The van der Waals surface area contributed by atoms with Gasteiger partial charge in [-0.2, -0.15) is 0 Å². The molecule has 3 fully saturated rings. The average Bonchev–Trinajstić information content (AvgIpc) is 3.02. The van der Waals surface area contributed by atoms with Gasteiger partial charge in [0, 0.05) is 0 Å². The zero-order valence-electron chi connectivity index (χ0n) is 28.6. The Bertz CT molecular complexity index is 879. The fourth-order valence-electron chi connectivity index (χ4n) is 10.8. The minimum Gasteiger partial charge on any atom is -0.103 e. The smallest absolute Gasteiger partial charge is 0.103 e. The van der Waals surface area contributed by atoms with Gasteiger partial charge in [-0.25, -0.2) is 0 Å². The van der Waals surface area contributed by atoms with E-state index in [0.29, 0.717) is 5.92 Å². The second kappa shape index (κ2) is 17.5. The number of hydrogen-bond donors (Lipinski definition) is 0. The lowest BCUT2D eigenvalue weighted by Crippen LogP contribution is -2.41. The third-order valence-electron chi connectivity index (χ3n) is 13.2. The van der Waals surface area contributed by atoms with Gasteiger partial charge in [0.15, 0.2) is 0 Å². The van der Waals surface area contributed by atoms with Gasteiger partial charge in [-0.15, -0.1) is 6.58 Å². The lowest BCUT2D eigenvalue weighted by Gasteiger charge is -2.50. The summed E-state index contributed by atoms with van der Waals surface area (Å²) in [7, 11) is 1.47. The molecule has 0 aromatic heterocycles. The maximum absolute atomic E-state index is 4.40. The number of fused-ring (bicyclic) bond motifs is 1. The summed E-state index contributed by atoms with van der Waals surface area (Å²) < 4.78 is 0. The van der Waals surface area contributed by atoms with Gasteiger partial charge in [-0.05, 0) is 130 Å². The second-order valence-corrected chi connectivity index (χ2v) is 15.6. The lowest BCUT2D eigenvalue weighted by molar-refractivity contribution is 0.0364. The van der Waals surface area contributed by atoms with Crippen LogP contribution >= 0.6 is 0 Å². The maximum Gasteiger partial charge on any atom is 0.124 e. The van der Waals surface area contributed by atoms with E-state index in [1.165, 1.54) is 129 Å². The van der Waals surface area contributed by atoms with Crippen molar-refractivity contribution in [2.75, 3.05) is 0 Å². The van der Waals surface area contributed by atoms with E-state index in [-0.39, 0.29) is 0 Å². The quantitative estimate of drug-likeness (QED) is 0.0792. The topological polar surface area (TPSA) is 0 Å². The van der Waals surface area contributed by atoms with Crippen molar-refractivity contribution < 1.29 is 0 Å². The van der Waals surface area contributed by atoms with E-state index in [2.05, 4.69) is 65.2 Å². The number of rotatable bonds is 15. The highest BCUT2D eigenvalue weighted by Gasteiger charge is 2.44. The second-order valence-electron chi connectivity index (χ2n) is 15.6. The van der Waals surface area contributed by atoms with Crippen LogP contribution in [0.2, 0.25) is 12.1 Å². The molecule has 42 heavy (non-hydrogen) atoms. The third-order valence-corrected chi connectivity index (χ3v) is 13.2. The van der Waals surface area contributed by atoms with E-state index in [4.69, 9.17) is 0 Å². The summed E-state index contributed by atoms with van der Waals surface area (Å²) in [6, 6.07) is 0. The Hall–Kier alpha value is -0.975. The van der Waals surface area contributed by atoms with Crippen LogP contribution in [0.1, 0.15) is 143 Å². The van der Waals surface area contributed by atoms with Crippen LogP contribution in [0.4, 0.5) is 0 Å². The summed E-state index contributed by atoms with van der Waals surface area (Å²) in [4.78, 5) is 0. The minimum atomic E-state index is 0.680. The van der Waals surface area contributed by atoms with E-state index < -0.39 is 0 Å². The Morgan fingerprint density at radius 1 is 0.905 bits per heavy atom. The van der Waals surface area contributed by atoms with E-state index in [0.717, 1.165) is 53.2 Å². The highest BCUT2D eigenvalue weighted by Crippen LogP contribution is 2.54. The van der Waals surface area contributed by atoms with Gasteiger partial charge in [-0.1, -0.05) is 121 Å². The molecule has 10 atom stereocenters. The Balaban J connectivity index is 1.42. The van der Waals surface area contributed by atoms with Gasteiger partial charge in [0.1, 0.15) is 7.28 Å². The molecule has 0 nitrogen and oxygen atoms in total. The van der Waals surface area contributed by atoms with Crippen LogP contribution in [0.5, 0.6) is 0 Å². The number of hydrogen-bond acceptors (Lipinski definition) is 0. The van der Waals surface area contributed by atoms with Crippen LogP contribution in [-0.2, 0) is 0 Å². The predicted octanol–water partition coefficient (Wildman–Crippen LogP) is 12.6. The van der Waals surface area contributed by atoms with Crippen molar-refractivity contribution >= 4 is 7.28 Å². The molecular formula is C41H69B. The average molecular weight is 573 g/mol. The number of allylic oxidation sites excluding steroid dienone is 6. The van der Waals surface area contributed by atoms with Crippen LogP contribution in [0, 0.1) is 53.3 Å². The first kappa shape index (κ1) is 33.9. The first-order valence-electron chi connectivity index (χ1n) is 19.1. The molecule has 0 aromatic rings. The zero-order chi connectivity index (χ0) is 29.9. The van der Waals surface area contributed by atoms with Crippen LogP contribution in [0.3, 0.4) is 0 Å². The highest BCUT2D eigenvalue weighted by atomic mass is 14.5. The van der Waals surface area contributed by atoms with Crippen molar-refractivity contribution in [3.63, 3.8) is 0 Å². The molecule has 0 heterocycles. The molecular weight excluding hydrogens is 503 g/mol. The molecule has 0 aromatic carbocycles. The van der Waals surface area contributed by atoms with Crippen LogP contribution in [0.15, 0.2) is 48.6 Å². The maximum atomic E-state index is 4.40. The molecule has 0 N–H and O–H groups in total.